The summed E-state index contributed by atoms with van der Waals surface area (Å²) in [7, 11) is 0. The van der Waals surface area contributed by atoms with Crippen LogP contribution in [0.1, 0.15) is 31.2 Å². The predicted molar refractivity (Wildman–Crippen MR) is 76.4 cm³/mol. The van der Waals surface area contributed by atoms with E-state index in [1.165, 1.54) is 10.9 Å². The lowest BCUT2D eigenvalue weighted by Crippen LogP contribution is -2.18. The van der Waals surface area contributed by atoms with Crippen molar-refractivity contribution in [2.24, 2.45) is 0 Å². The fraction of sp³-hybridized carbons (Fsp3) is 0.333. The van der Waals surface area contributed by atoms with E-state index in [-0.39, 0.29) is 5.82 Å². The Bertz CT molecular complexity index is 507. The minimum absolute atomic E-state index is 0.153. The molecule has 0 aliphatic carbocycles. The first-order chi connectivity index (χ1) is 8.72. The molecule has 0 aliphatic rings. The number of hydrogen-bond donors (Lipinski definition) is 1. The topological polar surface area (TPSA) is 12.0 Å². The van der Waals surface area contributed by atoms with E-state index in [0.29, 0.717) is 11.6 Å². The van der Waals surface area contributed by atoms with Gasteiger partial charge in [-0.2, -0.15) is 0 Å². The highest BCUT2D eigenvalue weighted by Gasteiger charge is 2.11. The molecule has 3 heteroatoms. The van der Waals surface area contributed by atoms with E-state index in [2.05, 4.69) is 25.2 Å². The van der Waals surface area contributed by atoms with Gasteiger partial charge in [-0.1, -0.05) is 25.1 Å². The first-order valence-corrected chi connectivity index (χ1v) is 7.12. The van der Waals surface area contributed by atoms with Crippen LogP contribution in [0.15, 0.2) is 36.4 Å². The van der Waals surface area contributed by atoms with Crippen LogP contribution in [0.25, 0.3) is 10.4 Å². The van der Waals surface area contributed by atoms with E-state index in [0.717, 1.165) is 17.8 Å². The lowest BCUT2D eigenvalue weighted by molar-refractivity contribution is 0.578. The van der Waals surface area contributed by atoms with Gasteiger partial charge in [0.2, 0.25) is 0 Å². The molecular formula is C15H18FNS. The summed E-state index contributed by atoms with van der Waals surface area (Å²) in [6, 6.07) is 11.3. The van der Waals surface area contributed by atoms with Crippen LogP contribution in [-0.2, 0) is 0 Å². The van der Waals surface area contributed by atoms with Crippen LogP contribution in [0, 0.1) is 5.82 Å². The molecule has 0 spiro atoms. The molecule has 1 aromatic heterocycles. The summed E-state index contributed by atoms with van der Waals surface area (Å²) >= 11 is 1.66. The van der Waals surface area contributed by atoms with Crippen molar-refractivity contribution in [3.63, 3.8) is 0 Å². The number of hydrogen-bond acceptors (Lipinski definition) is 2. The molecule has 0 fully saturated rings. The summed E-state index contributed by atoms with van der Waals surface area (Å²) in [5.74, 6) is -0.153. The zero-order valence-electron chi connectivity index (χ0n) is 10.7. The smallest absolute Gasteiger partial charge is 0.131 e. The third-order valence-electron chi connectivity index (χ3n) is 2.89. The number of benzene rings is 1. The van der Waals surface area contributed by atoms with Gasteiger partial charge in [-0.3, -0.25) is 0 Å². The maximum absolute atomic E-state index is 13.7. The summed E-state index contributed by atoms with van der Waals surface area (Å²) in [5.41, 5.74) is 0.691. The Morgan fingerprint density at radius 1 is 1.22 bits per heavy atom. The van der Waals surface area contributed by atoms with Gasteiger partial charge in [0.05, 0.1) is 0 Å². The highest BCUT2D eigenvalue weighted by molar-refractivity contribution is 7.15. The van der Waals surface area contributed by atoms with Gasteiger partial charge in [0.25, 0.3) is 0 Å². The van der Waals surface area contributed by atoms with Crippen molar-refractivity contribution in [2.45, 2.75) is 26.3 Å². The standard InChI is InChI=1S/C15H18FNS/c1-3-10-17-11(2)14-8-9-15(18-14)12-6-4-5-7-13(12)16/h4-9,11,17H,3,10H2,1-2H3. The van der Waals surface area contributed by atoms with Crippen molar-refractivity contribution in [1.82, 2.24) is 5.32 Å². The molecule has 1 heterocycles. The molecule has 1 N–H and O–H groups in total. The van der Waals surface area contributed by atoms with Gasteiger partial charge in [-0.25, -0.2) is 4.39 Å². The molecule has 0 radical (unpaired) electrons. The van der Waals surface area contributed by atoms with Crippen LogP contribution in [0.2, 0.25) is 0 Å². The number of halogens is 1. The molecule has 2 rings (SSSR count). The molecule has 0 amide bonds. The molecule has 1 atom stereocenters. The van der Waals surface area contributed by atoms with E-state index < -0.39 is 0 Å². The van der Waals surface area contributed by atoms with Gasteiger partial charge in [0, 0.05) is 21.4 Å². The third-order valence-corrected chi connectivity index (χ3v) is 4.19. The SMILES string of the molecule is CCCNC(C)c1ccc(-c2ccccc2F)s1. The first-order valence-electron chi connectivity index (χ1n) is 6.30. The van der Waals surface area contributed by atoms with Crippen LogP contribution in [0.4, 0.5) is 4.39 Å². The van der Waals surface area contributed by atoms with E-state index in [9.17, 15) is 4.39 Å². The number of rotatable bonds is 5. The Balaban J connectivity index is 2.18. The van der Waals surface area contributed by atoms with Crippen molar-refractivity contribution in [1.29, 1.82) is 0 Å². The first kappa shape index (κ1) is 13.2. The van der Waals surface area contributed by atoms with Crippen LogP contribution in [0.3, 0.4) is 0 Å². The van der Waals surface area contributed by atoms with E-state index in [1.807, 2.05) is 18.2 Å². The minimum Gasteiger partial charge on any atom is -0.309 e. The van der Waals surface area contributed by atoms with Crippen molar-refractivity contribution in [3.8, 4) is 10.4 Å². The second-order valence-electron chi connectivity index (χ2n) is 4.36. The molecule has 0 saturated heterocycles. The fourth-order valence-electron chi connectivity index (χ4n) is 1.85. The predicted octanol–water partition coefficient (Wildman–Crippen LogP) is 4.61. The molecule has 1 nitrogen and oxygen atoms in total. The lowest BCUT2D eigenvalue weighted by Gasteiger charge is -2.10. The maximum atomic E-state index is 13.7. The van der Waals surface area contributed by atoms with Crippen LogP contribution in [-0.4, -0.2) is 6.54 Å². The van der Waals surface area contributed by atoms with Gasteiger partial charge in [0.1, 0.15) is 5.82 Å². The van der Waals surface area contributed by atoms with Gasteiger partial charge in [-0.05, 0) is 38.1 Å². The van der Waals surface area contributed by atoms with Gasteiger partial charge in [0.15, 0.2) is 0 Å². The van der Waals surface area contributed by atoms with E-state index >= 15 is 0 Å². The summed E-state index contributed by atoms with van der Waals surface area (Å²) in [6.45, 7) is 5.31. The monoisotopic (exact) mass is 263 g/mol. The minimum atomic E-state index is -0.153. The zero-order chi connectivity index (χ0) is 13.0. The average Bonchev–Trinajstić information content (AvgIpc) is 2.86. The average molecular weight is 263 g/mol. The molecule has 1 aromatic carbocycles. The van der Waals surface area contributed by atoms with Crippen molar-refractivity contribution in [3.05, 3.63) is 47.1 Å². The van der Waals surface area contributed by atoms with E-state index in [1.54, 1.807) is 17.4 Å². The molecule has 1 unspecified atom stereocenters. The van der Waals surface area contributed by atoms with Crippen molar-refractivity contribution < 1.29 is 4.39 Å². The highest BCUT2D eigenvalue weighted by atomic mass is 32.1. The zero-order valence-corrected chi connectivity index (χ0v) is 11.6. The second-order valence-corrected chi connectivity index (χ2v) is 5.47. The quantitative estimate of drug-likeness (QED) is 0.830. The summed E-state index contributed by atoms with van der Waals surface area (Å²) < 4.78 is 13.7. The van der Waals surface area contributed by atoms with Gasteiger partial charge < -0.3 is 5.32 Å². The lowest BCUT2D eigenvalue weighted by atomic mass is 10.2. The fourth-order valence-corrected chi connectivity index (χ4v) is 2.91. The largest absolute Gasteiger partial charge is 0.309 e. The Morgan fingerprint density at radius 2 is 2.00 bits per heavy atom. The maximum Gasteiger partial charge on any atom is 0.131 e. The molecule has 2 aromatic rings. The Hall–Kier alpha value is -1.19. The second kappa shape index (κ2) is 6.12. The number of nitrogens with one attached hydrogen (secondary N) is 1. The Kier molecular flexibility index (Phi) is 4.50. The molecule has 96 valence electrons. The Labute approximate surface area is 112 Å². The highest BCUT2D eigenvalue weighted by Crippen LogP contribution is 2.32. The van der Waals surface area contributed by atoms with Crippen LogP contribution < -0.4 is 5.32 Å². The molecule has 0 bridgehead atoms. The van der Waals surface area contributed by atoms with Crippen LogP contribution in [0.5, 0.6) is 0 Å². The molecule has 0 aliphatic heterocycles. The Morgan fingerprint density at radius 3 is 2.72 bits per heavy atom. The summed E-state index contributed by atoms with van der Waals surface area (Å²) in [6.07, 6.45) is 1.12. The normalized spacial score (nSPS) is 12.6. The molecular weight excluding hydrogens is 245 g/mol. The number of thiophene rings is 1. The van der Waals surface area contributed by atoms with Crippen molar-refractivity contribution >= 4 is 11.3 Å². The van der Waals surface area contributed by atoms with Crippen LogP contribution >= 0.6 is 11.3 Å². The van der Waals surface area contributed by atoms with Gasteiger partial charge >= 0.3 is 0 Å². The third kappa shape index (κ3) is 2.98. The molecule has 0 saturated carbocycles. The van der Waals surface area contributed by atoms with Gasteiger partial charge in [-0.15, -0.1) is 11.3 Å². The van der Waals surface area contributed by atoms with E-state index in [4.69, 9.17) is 0 Å². The molecule has 18 heavy (non-hydrogen) atoms. The summed E-state index contributed by atoms with van der Waals surface area (Å²) in [4.78, 5) is 2.25. The van der Waals surface area contributed by atoms with Crippen molar-refractivity contribution in [2.75, 3.05) is 6.54 Å². The summed E-state index contributed by atoms with van der Waals surface area (Å²) in [5, 5.41) is 3.44.